The van der Waals surface area contributed by atoms with Gasteiger partial charge in [0.2, 0.25) is 0 Å². The van der Waals surface area contributed by atoms with Crippen molar-refractivity contribution >= 4 is 12.2 Å². The van der Waals surface area contributed by atoms with Crippen LogP contribution in [0.25, 0.3) is 0 Å². The number of primary amides is 1. The van der Waals surface area contributed by atoms with E-state index in [1.54, 1.807) is 6.21 Å². The number of piperazine rings is 1. The summed E-state index contributed by atoms with van der Waals surface area (Å²) in [7, 11) is 0. The number of nitrogens with zero attached hydrogens (tertiary/aromatic N) is 3. The number of rotatable bonds is 5. The molecule has 0 aromatic heterocycles. The van der Waals surface area contributed by atoms with Gasteiger partial charge in [-0.2, -0.15) is 5.10 Å². The fourth-order valence-corrected chi connectivity index (χ4v) is 2.46. The van der Waals surface area contributed by atoms with Crippen LogP contribution in [0.1, 0.15) is 18.1 Å². The van der Waals surface area contributed by atoms with Crippen LogP contribution < -0.4 is 11.2 Å². The van der Waals surface area contributed by atoms with E-state index < -0.39 is 6.03 Å². The number of hydrogen-bond acceptors (Lipinski definition) is 4. The number of hydrazone groups is 1. The van der Waals surface area contributed by atoms with E-state index in [0.717, 1.165) is 44.8 Å². The lowest BCUT2D eigenvalue weighted by molar-refractivity contribution is 0.132. The van der Waals surface area contributed by atoms with Crippen molar-refractivity contribution in [1.82, 2.24) is 15.2 Å². The fourth-order valence-electron chi connectivity index (χ4n) is 2.46. The minimum absolute atomic E-state index is 0.656. The zero-order valence-electron chi connectivity index (χ0n) is 12.5. The third-order valence-corrected chi connectivity index (χ3v) is 3.66. The quantitative estimate of drug-likeness (QED) is 0.623. The van der Waals surface area contributed by atoms with Crippen molar-refractivity contribution in [2.24, 2.45) is 10.8 Å². The predicted octanol–water partition coefficient (Wildman–Crippen LogP) is 0.826. The van der Waals surface area contributed by atoms with E-state index in [1.165, 1.54) is 5.56 Å². The first-order chi connectivity index (χ1) is 10.2. The van der Waals surface area contributed by atoms with Crippen LogP contribution in [0.2, 0.25) is 0 Å². The summed E-state index contributed by atoms with van der Waals surface area (Å²) in [6, 6.07) is 7.49. The normalized spacial score (nSPS) is 17.2. The molecule has 6 nitrogen and oxygen atoms in total. The van der Waals surface area contributed by atoms with Gasteiger partial charge in [0.15, 0.2) is 0 Å². The lowest BCUT2D eigenvalue weighted by Crippen LogP contribution is -2.45. The summed E-state index contributed by atoms with van der Waals surface area (Å²) in [5, 5.41) is 3.78. The highest BCUT2D eigenvalue weighted by Crippen LogP contribution is 2.10. The molecular formula is C15H23N5O. The zero-order valence-corrected chi connectivity index (χ0v) is 12.5. The molecule has 1 saturated heterocycles. The minimum atomic E-state index is -0.656. The topological polar surface area (TPSA) is 74.0 Å². The highest BCUT2D eigenvalue weighted by Gasteiger charge is 2.15. The van der Waals surface area contributed by atoms with Crippen LogP contribution in [-0.2, 0) is 6.54 Å². The smallest absolute Gasteiger partial charge is 0.332 e. The summed E-state index contributed by atoms with van der Waals surface area (Å²) < 4.78 is 0. The van der Waals surface area contributed by atoms with Crippen molar-refractivity contribution in [2.45, 2.75) is 13.5 Å². The van der Waals surface area contributed by atoms with E-state index in [2.05, 4.69) is 39.4 Å². The van der Waals surface area contributed by atoms with E-state index in [0.29, 0.717) is 0 Å². The summed E-state index contributed by atoms with van der Waals surface area (Å²) in [6.45, 7) is 8.78. The van der Waals surface area contributed by atoms with Gasteiger partial charge in [-0.15, -0.1) is 0 Å². The molecule has 0 saturated carbocycles. The van der Waals surface area contributed by atoms with Gasteiger partial charge in [-0.3, -0.25) is 4.90 Å². The van der Waals surface area contributed by atoms with Crippen molar-refractivity contribution in [3.63, 3.8) is 0 Å². The monoisotopic (exact) mass is 289 g/mol. The molecular weight excluding hydrogens is 266 g/mol. The second-order valence-corrected chi connectivity index (χ2v) is 5.19. The molecule has 2 rings (SSSR count). The molecule has 0 aliphatic carbocycles. The fraction of sp³-hybridized carbons (Fsp3) is 0.467. The van der Waals surface area contributed by atoms with E-state index >= 15 is 0 Å². The Morgan fingerprint density at radius 3 is 2.71 bits per heavy atom. The summed E-state index contributed by atoms with van der Waals surface area (Å²) in [6.07, 6.45) is 1.60. The van der Waals surface area contributed by atoms with E-state index in [4.69, 9.17) is 5.73 Å². The molecule has 1 aliphatic heterocycles. The van der Waals surface area contributed by atoms with Crippen molar-refractivity contribution < 1.29 is 4.79 Å². The first-order valence-corrected chi connectivity index (χ1v) is 7.29. The Hall–Kier alpha value is -1.92. The third kappa shape index (κ3) is 5.17. The van der Waals surface area contributed by atoms with Crippen LogP contribution in [0, 0.1) is 0 Å². The number of carbonyl (C=O) groups is 1. The van der Waals surface area contributed by atoms with Gasteiger partial charge < -0.3 is 10.6 Å². The zero-order chi connectivity index (χ0) is 15.1. The van der Waals surface area contributed by atoms with Crippen molar-refractivity contribution in [3.8, 4) is 0 Å². The molecule has 1 aromatic carbocycles. The summed E-state index contributed by atoms with van der Waals surface area (Å²) in [4.78, 5) is 15.5. The number of urea groups is 1. The van der Waals surface area contributed by atoms with Gasteiger partial charge in [0.1, 0.15) is 0 Å². The van der Waals surface area contributed by atoms with Gasteiger partial charge in [-0.25, -0.2) is 10.2 Å². The van der Waals surface area contributed by atoms with Gasteiger partial charge in [0.05, 0.1) is 6.21 Å². The molecule has 0 spiro atoms. The summed E-state index contributed by atoms with van der Waals surface area (Å²) in [5.74, 6) is 0. The van der Waals surface area contributed by atoms with Crippen molar-refractivity contribution in [3.05, 3.63) is 35.4 Å². The molecule has 0 unspecified atom stereocenters. The van der Waals surface area contributed by atoms with Crippen LogP contribution in [-0.4, -0.2) is 54.8 Å². The second-order valence-electron chi connectivity index (χ2n) is 5.19. The molecule has 1 aliphatic rings. The molecule has 114 valence electrons. The number of hydrogen-bond donors (Lipinski definition) is 2. The molecule has 0 atom stereocenters. The molecule has 2 amide bonds. The van der Waals surface area contributed by atoms with E-state index in [-0.39, 0.29) is 0 Å². The number of benzene rings is 1. The molecule has 21 heavy (non-hydrogen) atoms. The maximum absolute atomic E-state index is 10.6. The molecule has 0 radical (unpaired) electrons. The average molecular weight is 289 g/mol. The van der Waals surface area contributed by atoms with Gasteiger partial charge in [0, 0.05) is 32.7 Å². The number of carbonyl (C=O) groups excluding carboxylic acids is 1. The number of amides is 2. The van der Waals surface area contributed by atoms with Crippen LogP contribution in [0.15, 0.2) is 29.4 Å². The van der Waals surface area contributed by atoms with E-state index in [9.17, 15) is 4.79 Å². The largest absolute Gasteiger partial charge is 0.350 e. The Labute approximate surface area is 125 Å². The summed E-state index contributed by atoms with van der Waals surface area (Å²) in [5.41, 5.74) is 9.36. The molecule has 0 bridgehead atoms. The molecule has 1 heterocycles. The van der Waals surface area contributed by atoms with Gasteiger partial charge in [-0.05, 0) is 23.7 Å². The lowest BCUT2D eigenvalue weighted by Gasteiger charge is -2.34. The van der Waals surface area contributed by atoms with Crippen molar-refractivity contribution in [1.29, 1.82) is 0 Å². The maximum atomic E-state index is 10.6. The Morgan fingerprint density at radius 1 is 1.33 bits per heavy atom. The number of nitrogens with one attached hydrogen (secondary N) is 1. The molecule has 3 N–H and O–H groups in total. The van der Waals surface area contributed by atoms with Gasteiger partial charge in [0.25, 0.3) is 0 Å². The highest BCUT2D eigenvalue weighted by molar-refractivity contribution is 5.81. The lowest BCUT2D eigenvalue weighted by atomic mass is 10.1. The predicted molar refractivity (Wildman–Crippen MR) is 84.1 cm³/mol. The van der Waals surface area contributed by atoms with E-state index in [1.807, 2.05) is 12.1 Å². The maximum Gasteiger partial charge on any atom is 0.332 e. The van der Waals surface area contributed by atoms with Gasteiger partial charge in [-0.1, -0.05) is 25.1 Å². The van der Waals surface area contributed by atoms with Crippen LogP contribution in [0.4, 0.5) is 4.79 Å². The highest BCUT2D eigenvalue weighted by atomic mass is 16.2. The first-order valence-electron chi connectivity index (χ1n) is 7.29. The summed E-state index contributed by atoms with van der Waals surface area (Å²) >= 11 is 0. The van der Waals surface area contributed by atoms with Crippen LogP contribution in [0.5, 0.6) is 0 Å². The second kappa shape index (κ2) is 7.75. The minimum Gasteiger partial charge on any atom is -0.350 e. The average Bonchev–Trinajstić information content (AvgIpc) is 2.48. The molecule has 6 heteroatoms. The van der Waals surface area contributed by atoms with Crippen molar-refractivity contribution in [2.75, 3.05) is 32.7 Å². The number of likely N-dealkylation sites (N-methyl/N-ethyl adjacent to an activating group) is 1. The first kappa shape index (κ1) is 15.5. The molecule has 1 fully saturated rings. The molecule has 1 aromatic rings. The Morgan fingerprint density at radius 2 is 2.05 bits per heavy atom. The van der Waals surface area contributed by atoms with Gasteiger partial charge >= 0.3 is 6.03 Å². The number of nitrogens with two attached hydrogens (primary N) is 1. The Kier molecular flexibility index (Phi) is 5.71. The SMILES string of the molecule is CCN1CCN(Cc2cccc(C=NNC(N)=O)c2)CC1. The van der Waals surface area contributed by atoms with Crippen LogP contribution >= 0.6 is 0 Å². The Balaban J connectivity index is 1.89. The standard InChI is InChI=1S/C15H23N5O/c1-2-19-6-8-20(9-7-19)12-14-5-3-4-13(10-14)11-17-18-15(16)21/h3-5,10-11H,2,6-9,12H2,1H3,(H3,16,18,21). The Bertz CT molecular complexity index is 495. The van der Waals surface area contributed by atoms with Crippen LogP contribution in [0.3, 0.4) is 0 Å². The third-order valence-electron chi connectivity index (χ3n) is 3.66.